The van der Waals surface area contributed by atoms with Crippen LogP contribution in [0.25, 0.3) is 0 Å². The second-order valence-corrected chi connectivity index (χ2v) is 10.8. The summed E-state index contributed by atoms with van der Waals surface area (Å²) in [4.78, 5) is 35.5. The number of hydrogen-bond acceptors (Lipinski definition) is 9. The summed E-state index contributed by atoms with van der Waals surface area (Å²) in [5.41, 5.74) is 11.6. The maximum absolute atomic E-state index is 11.4. The van der Waals surface area contributed by atoms with Crippen molar-refractivity contribution in [3.05, 3.63) is 41.1 Å². The maximum atomic E-state index is 11.4. The van der Waals surface area contributed by atoms with E-state index in [-0.39, 0.29) is 23.3 Å². The number of ether oxygens (including phenoxy) is 1. The Morgan fingerprint density at radius 2 is 2.03 bits per heavy atom. The number of Topliss-reactive ketones (excluding diaryl/α,β-unsaturated/α-hetero) is 1. The number of nitrogens with two attached hydrogens (primary N) is 1. The number of ketones is 1. The lowest BCUT2D eigenvalue weighted by Crippen LogP contribution is -2.50. The summed E-state index contributed by atoms with van der Waals surface area (Å²) in [6.45, 7) is 7.75. The van der Waals surface area contributed by atoms with E-state index in [2.05, 4.69) is 22.8 Å². The Labute approximate surface area is 212 Å². The summed E-state index contributed by atoms with van der Waals surface area (Å²) in [5.74, 6) is 2.01. The van der Waals surface area contributed by atoms with Crippen LogP contribution in [0.3, 0.4) is 0 Å². The standard InChI is InChI=1S/C27H35N7O2/c1-17(35)5-6-19-7-8-22-20(31-19)4-3-11-34(22)26-24-21(14-30-26)32-23(15-29-24)33-12-9-27(10-13-33)16-36-18(2)25(27)28/h7-8,15,18,25H,3-6,9-14,16,28H2,1-2H3/t18-,25+/m0/s1. The first-order valence-electron chi connectivity index (χ1n) is 13.2. The van der Waals surface area contributed by atoms with Crippen molar-refractivity contribution in [1.29, 1.82) is 0 Å². The molecule has 36 heavy (non-hydrogen) atoms. The molecule has 6 heterocycles. The van der Waals surface area contributed by atoms with Crippen molar-refractivity contribution < 1.29 is 9.53 Å². The van der Waals surface area contributed by atoms with Crippen molar-refractivity contribution in [3.63, 3.8) is 0 Å². The number of aromatic nitrogens is 3. The first kappa shape index (κ1) is 23.5. The van der Waals surface area contributed by atoms with Gasteiger partial charge in [0.2, 0.25) is 0 Å². The Hall–Kier alpha value is -2.91. The summed E-state index contributed by atoms with van der Waals surface area (Å²) in [6.07, 6.45) is 7.25. The predicted octanol–water partition coefficient (Wildman–Crippen LogP) is 2.44. The molecule has 2 atom stereocenters. The average Bonchev–Trinajstić information content (AvgIpc) is 3.44. The third kappa shape index (κ3) is 4.08. The predicted molar refractivity (Wildman–Crippen MR) is 138 cm³/mol. The van der Waals surface area contributed by atoms with Gasteiger partial charge in [-0.15, -0.1) is 0 Å². The third-order valence-corrected chi connectivity index (χ3v) is 8.43. The molecule has 2 saturated heterocycles. The van der Waals surface area contributed by atoms with Crippen LogP contribution < -0.4 is 15.5 Å². The molecule has 190 valence electrons. The average molecular weight is 490 g/mol. The molecule has 0 aliphatic carbocycles. The smallest absolute Gasteiger partial charge is 0.156 e. The number of aliphatic imine (C=N–C) groups is 1. The van der Waals surface area contributed by atoms with Crippen molar-refractivity contribution in [2.24, 2.45) is 16.1 Å². The van der Waals surface area contributed by atoms with Crippen molar-refractivity contribution >= 4 is 23.1 Å². The normalized spacial score (nSPS) is 24.6. The molecular formula is C27H35N7O2. The van der Waals surface area contributed by atoms with Crippen LogP contribution in [0.2, 0.25) is 0 Å². The van der Waals surface area contributed by atoms with E-state index in [1.165, 1.54) is 0 Å². The molecular weight excluding hydrogens is 454 g/mol. The number of carbonyl (C=O) groups is 1. The Balaban J connectivity index is 1.17. The summed E-state index contributed by atoms with van der Waals surface area (Å²) in [6, 6.07) is 4.27. The highest BCUT2D eigenvalue weighted by molar-refractivity contribution is 6.11. The summed E-state index contributed by atoms with van der Waals surface area (Å²) in [5, 5.41) is 0. The van der Waals surface area contributed by atoms with Gasteiger partial charge in [-0.3, -0.25) is 9.98 Å². The summed E-state index contributed by atoms with van der Waals surface area (Å²) in [7, 11) is 0. The number of anilines is 2. The number of amidine groups is 1. The molecule has 4 aliphatic heterocycles. The Morgan fingerprint density at radius 3 is 2.78 bits per heavy atom. The minimum Gasteiger partial charge on any atom is -0.376 e. The van der Waals surface area contributed by atoms with Gasteiger partial charge in [0.1, 0.15) is 17.3 Å². The van der Waals surface area contributed by atoms with Crippen LogP contribution in [0, 0.1) is 5.41 Å². The molecule has 0 bridgehead atoms. The van der Waals surface area contributed by atoms with Gasteiger partial charge >= 0.3 is 0 Å². The van der Waals surface area contributed by atoms with Crippen LogP contribution in [-0.4, -0.2) is 65.0 Å². The third-order valence-electron chi connectivity index (χ3n) is 8.43. The van der Waals surface area contributed by atoms with Crippen molar-refractivity contribution in [2.45, 2.75) is 71.1 Å². The largest absolute Gasteiger partial charge is 0.376 e. The van der Waals surface area contributed by atoms with E-state index in [1.54, 1.807) is 6.92 Å². The molecule has 2 N–H and O–H groups in total. The van der Waals surface area contributed by atoms with E-state index in [0.717, 1.165) is 92.0 Å². The van der Waals surface area contributed by atoms with Crippen molar-refractivity contribution in [2.75, 3.05) is 36.0 Å². The molecule has 1 spiro atoms. The highest BCUT2D eigenvalue weighted by Crippen LogP contribution is 2.42. The second kappa shape index (κ2) is 9.19. The van der Waals surface area contributed by atoms with Gasteiger partial charge in [0.25, 0.3) is 0 Å². The van der Waals surface area contributed by atoms with Gasteiger partial charge in [0, 0.05) is 43.2 Å². The highest BCUT2D eigenvalue weighted by Gasteiger charge is 2.47. The molecule has 2 fully saturated rings. The lowest BCUT2D eigenvalue weighted by Gasteiger charge is -2.41. The zero-order valence-corrected chi connectivity index (χ0v) is 21.2. The molecule has 4 aliphatic rings. The fourth-order valence-corrected chi connectivity index (χ4v) is 6.12. The monoisotopic (exact) mass is 489 g/mol. The number of nitrogens with zero attached hydrogens (tertiary/aromatic N) is 6. The van der Waals surface area contributed by atoms with E-state index in [0.29, 0.717) is 19.4 Å². The Morgan fingerprint density at radius 1 is 1.19 bits per heavy atom. The van der Waals surface area contributed by atoms with Crippen LogP contribution in [0.5, 0.6) is 0 Å². The molecule has 9 heteroatoms. The van der Waals surface area contributed by atoms with Crippen molar-refractivity contribution in [3.8, 4) is 0 Å². The van der Waals surface area contributed by atoms with Gasteiger partial charge in [0.15, 0.2) is 5.84 Å². The number of carbonyl (C=O) groups excluding carboxylic acids is 1. The van der Waals surface area contributed by atoms with Crippen LogP contribution in [0.1, 0.15) is 62.3 Å². The van der Waals surface area contributed by atoms with E-state index in [1.807, 2.05) is 12.3 Å². The molecule has 0 unspecified atom stereocenters. The Kier molecular flexibility index (Phi) is 6.00. The molecule has 0 saturated carbocycles. The van der Waals surface area contributed by atoms with Gasteiger partial charge in [-0.05, 0) is 58.1 Å². The highest BCUT2D eigenvalue weighted by atomic mass is 16.5. The number of hydrogen-bond donors (Lipinski definition) is 1. The first-order chi connectivity index (χ1) is 17.4. The van der Waals surface area contributed by atoms with Gasteiger partial charge in [0.05, 0.1) is 42.5 Å². The van der Waals surface area contributed by atoms with E-state index >= 15 is 0 Å². The maximum Gasteiger partial charge on any atom is 0.156 e. The van der Waals surface area contributed by atoms with E-state index in [9.17, 15) is 4.79 Å². The fourth-order valence-electron chi connectivity index (χ4n) is 6.12. The van der Waals surface area contributed by atoms with E-state index in [4.69, 9.17) is 30.4 Å². The topological polar surface area (TPSA) is 110 Å². The zero-order valence-electron chi connectivity index (χ0n) is 21.2. The Bertz CT molecular complexity index is 1200. The number of pyridine rings is 1. The molecule has 9 nitrogen and oxygen atoms in total. The number of fused-ring (bicyclic) bond motifs is 2. The second-order valence-electron chi connectivity index (χ2n) is 10.8. The van der Waals surface area contributed by atoms with Crippen LogP contribution >= 0.6 is 0 Å². The number of aryl methyl sites for hydroxylation is 2. The van der Waals surface area contributed by atoms with Crippen LogP contribution in [0.15, 0.2) is 23.3 Å². The quantitative estimate of drug-likeness (QED) is 0.697. The van der Waals surface area contributed by atoms with Crippen LogP contribution in [0.4, 0.5) is 11.5 Å². The minimum absolute atomic E-state index is 0.0952. The van der Waals surface area contributed by atoms with Crippen LogP contribution in [-0.2, 0) is 28.9 Å². The molecule has 0 amide bonds. The van der Waals surface area contributed by atoms with Crippen molar-refractivity contribution in [1.82, 2.24) is 15.0 Å². The number of rotatable bonds is 4. The van der Waals surface area contributed by atoms with Gasteiger partial charge in [-0.2, -0.15) is 0 Å². The van der Waals surface area contributed by atoms with Gasteiger partial charge in [-0.1, -0.05) is 0 Å². The fraction of sp³-hybridized carbons (Fsp3) is 0.593. The zero-order chi connectivity index (χ0) is 24.9. The summed E-state index contributed by atoms with van der Waals surface area (Å²) >= 11 is 0. The van der Waals surface area contributed by atoms with Gasteiger partial charge < -0.3 is 25.1 Å². The van der Waals surface area contributed by atoms with E-state index < -0.39 is 0 Å². The molecule has 6 rings (SSSR count). The lowest BCUT2D eigenvalue weighted by atomic mass is 9.73. The number of piperidine rings is 1. The SMILES string of the molecule is CC(=O)CCc1ccc2c(n1)CCCN2C1=NCc2nc(N3CCC4(CC3)CO[C@@H](C)[C@H]4N)cnc21. The minimum atomic E-state index is 0.0952. The first-order valence-corrected chi connectivity index (χ1v) is 13.2. The summed E-state index contributed by atoms with van der Waals surface area (Å²) < 4.78 is 5.87. The lowest BCUT2D eigenvalue weighted by molar-refractivity contribution is -0.117. The molecule has 0 aromatic carbocycles. The molecule has 2 aromatic rings. The van der Waals surface area contributed by atoms with Gasteiger partial charge in [-0.25, -0.2) is 9.97 Å². The molecule has 0 radical (unpaired) electrons. The molecule has 2 aromatic heterocycles.